The van der Waals surface area contributed by atoms with Crippen molar-refractivity contribution >= 4 is 5.97 Å². The number of nitrogens with one attached hydrogen (secondary N) is 1. The summed E-state index contributed by atoms with van der Waals surface area (Å²) in [7, 11) is 0. The maximum Gasteiger partial charge on any atom is 0.335 e. The van der Waals surface area contributed by atoms with Gasteiger partial charge in [-0.1, -0.05) is 26.0 Å². The average molecular weight is 313 g/mol. The van der Waals surface area contributed by atoms with Gasteiger partial charge >= 0.3 is 5.97 Å². The highest BCUT2D eigenvalue weighted by atomic mass is 16.4. The minimum atomic E-state index is -0.972. The van der Waals surface area contributed by atoms with E-state index in [2.05, 4.69) is 5.10 Å². The van der Waals surface area contributed by atoms with E-state index < -0.39 is 5.97 Å². The molecule has 0 spiro atoms. The van der Waals surface area contributed by atoms with Crippen molar-refractivity contribution in [1.82, 2.24) is 9.78 Å². The van der Waals surface area contributed by atoms with Crippen LogP contribution in [0.1, 0.15) is 53.4 Å². The smallest absolute Gasteiger partial charge is 0.335 e. The fraction of sp³-hybridized carbons (Fsp3) is 0.353. The number of nitrogens with zero attached hydrogens (tertiary/aromatic N) is 2. The van der Waals surface area contributed by atoms with Crippen LogP contribution in [-0.2, 0) is 13.0 Å². The van der Waals surface area contributed by atoms with Crippen LogP contribution in [0.4, 0.5) is 0 Å². The number of hydrogen-bond donors (Lipinski definition) is 2. The van der Waals surface area contributed by atoms with Crippen molar-refractivity contribution in [2.24, 2.45) is 0 Å². The van der Waals surface area contributed by atoms with Gasteiger partial charge in [-0.2, -0.15) is 5.26 Å². The molecule has 2 N–H and O–H groups in total. The summed E-state index contributed by atoms with van der Waals surface area (Å²) in [6, 6.07) is 8.55. The van der Waals surface area contributed by atoms with E-state index in [-0.39, 0.29) is 23.5 Å². The Morgan fingerprint density at radius 2 is 2.00 bits per heavy atom. The predicted molar refractivity (Wildman–Crippen MR) is 85.6 cm³/mol. The highest BCUT2D eigenvalue weighted by Crippen LogP contribution is 2.18. The Morgan fingerprint density at radius 3 is 2.52 bits per heavy atom. The summed E-state index contributed by atoms with van der Waals surface area (Å²) in [5.74, 6) is -0.820. The van der Waals surface area contributed by atoms with Gasteiger partial charge in [0.15, 0.2) is 0 Å². The van der Waals surface area contributed by atoms with Gasteiger partial charge in [0.05, 0.1) is 24.6 Å². The average Bonchev–Trinajstić information content (AvgIpc) is 2.83. The molecule has 1 heterocycles. The molecule has 2 aromatic rings. The Morgan fingerprint density at radius 1 is 1.35 bits per heavy atom. The predicted octanol–water partition coefficient (Wildman–Crippen LogP) is 2.50. The zero-order valence-corrected chi connectivity index (χ0v) is 13.2. The number of H-pyrrole nitrogens is 1. The van der Waals surface area contributed by atoms with Crippen LogP contribution in [0.15, 0.2) is 29.1 Å². The number of aromatic carboxylic acids is 1. The third-order valence-electron chi connectivity index (χ3n) is 3.69. The van der Waals surface area contributed by atoms with Crippen molar-refractivity contribution in [2.45, 2.75) is 39.2 Å². The molecule has 0 saturated carbocycles. The molecule has 0 aliphatic heterocycles. The second kappa shape index (κ2) is 6.97. The van der Waals surface area contributed by atoms with Crippen molar-refractivity contribution in [1.29, 1.82) is 5.26 Å². The van der Waals surface area contributed by atoms with E-state index in [0.717, 1.165) is 11.3 Å². The molecule has 120 valence electrons. The topological polar surface area (TPSA) is 98.9 Å². The number of carboxylic acids is 1. The van der Waals surface area contributed by atoms with Gasteiger partial charge in [-0.3, -0.25) is 14.6 Å². The van der Waals surface area contributed by atoms with Gasteiger partial charge in [0.1, 0.15) is 0 Å². The van der Waals surface area contributed by atoms with Gasteiger partial charge in [0.25, 0.3) is 5.56 Å². The number of aromatic amines is 1. The lowest BCUT2D eigenvalue weighted by Gasteiger charge is -2.06. The van der Waals surface area contributed by atoms with Crippen LogP contribution in [0, 0.1) is 11.3 Å². The number of rotatable bonds is 6. The van der Waals surface area contributed by atoms with E-state index in [9.17, 15) is 9.59 Å². The molecule has 1 aromatic carbocycles. The maximum atomic E-state index is 12.5. The molecule has 0 radical (unpaired) electrons. The molecule has 23 heavy (non-hydrogen) atoms. The molecule has 0 unspecified atom stereocenters. The van der Waals surface area contributed by atoms with Crippen LogP contribution in [0.2, 0.25) is 0 Å². The summed E-state index contributed by atoms with van der Waals surface area (Å²) < 4.78 is 1.47. The summed E-state index contributed by atoms with van der Waals surface area (Å²) in [5, 5.41) is 20.7. The summed E-state index contributed by atoms with van der Waals surface area (Å²) in [6.45, 7) is 4.33. The fourth-order valence-electron chi connectivity index (χ4n) is 2.48. The molecule has 6 nitrogen and oxygen atoms in total. The molecule has 1 aromatic heterocycles. The van der Waals surface area contributed by atoms with Gasteiger partial charge in [0.2, 0.25) is 0 Å². The van der Waals surface area contributed by atoms with E-state index in [0.29, 0.717) is 18.5 Å². The SMILES string of the molecule is CC(C)c1[nH]n(CCC#N)c(=O)c1Cc1ccc(C(=O)O)cc1. The number of nitriles is 1. The first-order valence-electron chi connectivity index (χ1n) is 7.44. The number of aryl methyl sites for hydroxylation is 1. The first kappa shape index (κ1) is 16.6. The number of benzene rings is 1. The Kier molecular flexibility index (Phi) is 5.02. The quantitative estimate of drug-likeness (QED) is 0.856. The standard InChI is InChI=1S/C17H19N3O3/c1-11(2)15-14(16(21)20(19-15)9-3-8-18)10-12-4-6-13(7-5-12)17(22)23/h4-7,11,19H,3,9-10H2,1-2H3,(H,22,23). The zero-order chi connectivity index (χ0) is 17.0. The molecular weight excluding hydrogens is 294 g/mol. The number of carboxylic acid groups (broad SMARTS) is 1. The summed E-state index contributed by atoms with van der Waals surface area (Å²) in [4.78, 5) is 23.4. The number of carbonyl (C=O) groups is 1. The van der Waals surface area contributed by atoms with Crippen LogP contribution in [0.3, 0.4) is 0 Å². The van der Waals surface area contributed by atoms with Crippen molar-refractivity contribution in [3.05, 3.63) is 57.0 Å². The van der Waals surface area contributed by atoms with Crippen LogP contribution in [0.5, 0.6) is 0 Å². The summed E-state index contributed by atoms with van der Waals surface area (Å²) in [5.41, 5.74) is 2.50. The van der Waals surface area contributed by atoms with Crippen LogP contribution in [0.25, 0.3) is 0 Å². The Bertz CT molecular complexity index is 792. The highest BCUT2D eigenvalue weighted by Gasteiger charge is 2.17. The molecule has 0 saturated heterocycles. The molecule has 6 heteroatoms. The second-order valence-corrected chi connectivity index (χ2v) is 5.70. The molecule has 0 aliphatic carbocycles. The lowest BCUT2D eigenvalue weighted by atomic mass is 9.99. The Balaban J connectivity index is 2.34. The van der Waals surface area contributed by atoms with Gasteiger partial charge in [-0.25, -0.2) is 4.79 Å². The molecule has 0 bridgehead atoms. The highest BCUT2D eigenvalue weighted by molar-refractivity contribution is 5.87. The molecule has 2 rings (SSSR count). The normalized spacial score (nSPS) is 10.7. The van der Waals surface area contributed by atoms with Gasteiger partial charge in [-0.15, -0.1) is 0 Å². The minimum absolute atomic E-state index is 0.119. The second-order valence-electron chi connectivity index (χ2n) is 5.70. The number of hydrogen-bond acceptors (Lipinski definition) is 3. The third-order valence-corrected chi connectivity index (χ3v) is 3.69. The summed E-state index contributed by atoms with van der Waals surface area (Å²) in [6.07, 6.45) is 0.701. The number of aromatic nitrogens is 2. The zero-order valence-electron chi connectivity index (χ0n) is 13.2. The largest absolute Gasteiger partial charge is 0.478 e. The van der Waals surface area contributed by atoms with Crippen molar-refractivity contribution in [2.75, 3.05) is 0 Å². The van der Waals surface area contributed by atoms with Crippen molar-refractivity contribution in [3.63, 3.8) is 0 Å². The summed E-state index contributed by atoms with van der Waals surface area (Å²) >= 11 is 0. The maximum absolute atomic E-state index is 12.5. The van der Waals surface area contributed by atoms with E-state index >= 15 is 0 Å². The monoisotopic (exact) mass is 313 g/mol. The molecular formula is C17H19N3O3. The van der Waals surface area contributed by atoms with Crippen LogP contribution < -0.4 is 5.56 Å². The van der Waals surface area contributed by atoms with Crippen LogP contribution >= 0.6 is 0 Å². The van der Waals surface area contributed by atoms with E-state index in [1.54, 1.807) is 12.1 Å². The lowest BCUT2D eigenvalue weighted by Crippen LogP contribution is -2.19. The first-order chi connectivity index (χ1) is 10.9. The van der Waals surface area contributed by atoms with E-state index in [1.807, 2.05) is 19.9 Å². The Labute approximate surface area is 134 Å². The fourth-order valence-corrected chi connectivity index (χ4v) is 2.48. The van der Waals surface area contributed by atoms with Gasteiger partial charge in [-0.05, 0) is 23.6 Å². The molecule has 0 atom stereocenters. The molecule has 0 aliphatic rings. The van der Waals surface area contributed by atoms with E-state index in [1.165, 1.54) is 16.8 Å². The lowest BCUT2D eigenvalue weighted by molar-refractivity contribution is 0.0697. The molecule has 0 fully saturated rings. The van der Waals surface area contributed by atoms with E-state index in [4.69, 9.17) is 10.4 Å². The Hall–Kier alpha value is -2.81. The third kappa shape index (κ3) is 3.69. The van der Waals surface area contributed by atoms with Crippen molar-refractivity contribution in [3.8, 4) is 6.07 Å². The minimum Gasteiger partial charge on any atom is -0.478 e. The van der Waals surface area contributed by atoms with Gasteiger partial charge in [0, 0.05) is 17.7 Å². The molecule has 0 amide bonds. The van der Waals surface area contributed by atoms with Gasteiger partial charge < -0.3 is 5.11 Å². The van der Waals surface area contributed by atoms with Crippen molar-refractivity contribution < 1.29 is 9.90 Å². The van der Waals surface area contributed by atoms with Crippen LogP contribution in [-0.4, -0.2) is 20.9 Å². The first-order valence-corrected chi connectivity index (χ1v) is 7.44.